The Morgan fingerprint density at radius 1 is 1.13 bits per heavy atom. The molecule has 1 aromatic heterocycles. The summed E-state index contributed by atoms with van der Waals surface area (Å²) >= 11 is 1.39. The predicted octanol–water partition coefficient (Wildman–Crippen LogP) is 4.70. The first-order valence-corrected chi connectivity index (χ1v) is 10.7. The Kier molecular flexibility index (Phi) is 5.81. The lowest BCUT2D eigenvalue weighted by molar-refractivity contribution is -0.115. The van der Waals surface area contributed by atoms with E-state index in [0.29, 0.717) is 11.3 Å². The van der Waals surface area contributed by atoms with E-state index in [1.165, 1.54) is 40.8 Å². The summed E-state index contributed by atoms with van der Waals surface area (Å²) in [5.74, 6) is -1.14. The van der Waals surface area contributed by atoms with Crippen LogP contribution in [0.5, 0.6) is 0 Å². The van der Waals surface area contributed by atoms with Crippen molar-refractivity contribution < 1.29 is 14.0 Å². The Morgan fingerprint density at radius 3 is 2.80 bits per heavy atom. The maximum absolute atomic E-state index is 14.1. The van der Waals surface area contributed by atoms with Crippen molar-refractivity contribution in [3.05, 3.63) is 75.7 Å². The fourth-order valence-electron chi connectivity index (χ4n) is 3.63. The second-order valence-corrected chi connectivity index (χ2v) is 8.15. The van der Waals surface area contributed by atoms with Crippen LogP contribution in [0.1, 0.15) is 27.9 Å². The number of anilines is 3. The van der Waals surface area contributed by atoms with E-state index in [4.69, 9.17) is 0 Å². The second kappa shape index (κ2) is 8.67. The Morgan fingerprint density at radius 2 is 2.00 bits per heavy atom. The van der Waals surface area contributed by atoms with Gasteiger partial charge in [0, 0.05) is 30.3 Å². The minimum absolute atomic E-state index is 0.0285. The van der Waals surface area contributed by atoms with E-state index in [9.17, 15) is 14.0 Å². The summed E-state index contributed by atoms with van der Waals surface area (Å²) in [6.07, 6.45) is 2.35. The van der Waals surface area contributed by atoms with Crippen molar-refractivity contribution in [1.82, 2.24) is 0 Å². The Balaban J connectivity index is 1.43. The van der Waals surface area contributed by atoms with Gasteiger partial charge in [-0.25, -0.2) is 4.39 Å². The summed E-state index contributed by atoms with van der Waals surface area (Å²) in [5.41, 5.74) is 4.34. The molecule has 154 valence electrons. The summed E-state index contributed by atoms with van der Waals surface area (Å²) in [7, 11) is 2.08. The molecule has 1 aliphatic rings. The third kappa shape index (κ3) is 4.52. The Bertz CT molecular complexity index is 1080. The number of benzene rings is 2. The van der Waals surface area contributed by atoms with Crippen molar-refractivity contribution in [2.24, 2.45) is 0 Å². The number of hydrogen-bond donors (Lipinski definition) is 2. The van der Waals surface area contributed by atoms with Gasteiger partial charge in [0.2, 0.25) is 5.91 Å². The number of nitrogens with zero attached hydrogens (tertiary/aromatic N) is 1. The van der Waals surface area contributed by atoms with E-state index in [2.05, 4.69) is 34.7 Å². The molecule has 30 heavy (non-hydrogen) atoms. The van der Waals surface area contributed by atoms with Crippen molar-refractivity contribution in [2.75, 3.05) is 29.1 Å². The highest BCUT2D eigenvalue weighted by atomic mass is 32.1. The number of amides is 2. The van der Waals surface area contributed by atoms with Gasteiger partial charge < -0.3 is 15.5 Å². The molecule has 5 nitrogen and oxygen atoms in total. The zero-order valence-corrected chi connectivity index (χ0v) is 17.4. The van der Waals surface area contributed by atoms with E-state index >= 15 is 0 Å². The van der Waals surface area contributed by atoms with Crippen LogP contribution in [0.15, 0.2) is 53.2 Å². The van der Waals surface area contributed by atoms with Crippen LogP contribution in [-0.4, -0.2) is 25.4 Å². The molecule has 2 amide bonds. The van der Waals surface area contributed by atoms with E-state index in [-0.39, 0.29) is 18.0 Å². The zero-order valence-electron chi connectivity index (χ0n) is 16.6. The molecular weight excluding hydrogens is 401 g/mol. The van der Waals surface area contributed by atoms with Crippen LogP contribution in [0.25, 0.3) is 0 Å². The average molecular weight is 424 g/mol. The van der Waals surface area contributed by atoms with Crippen molar-refractivity contribution in [2.45, 2.75) is 19.3 Å². The van der Waals surface area contributed by atoms with Crippen molar-refractivity contribution in [3.63, 3.8) is 0 Å². The van der Waals surface area contributed by atoms with E-state index in [1.807, 2.05) is 6.07 Å². The topological polar surface area (TPSA) is 61.4 Å². The highest BCUT2D eigenvalue weighted by Gasteiger charge is 2.15. The fourth-order valence-corrected chi connectivity index (χ4v) is 4.26. The fraction of sp³-hybridized carbons (Fsp3) is 0.217. The molecule has 0 unspecified atom stereocenters. The summed E-state index contributed by atoms with van der Waals surface area (Å²) in [6, 6.07) is 11.9. The Labute approximate surface area is 178 Å². The Hall–Kier alpha value is -3.19. The number of thiophene rings is 1. The highest BCUT2D eigenvalue weighted by Crippen LogP contribution is 2.27. The van der Waals surface area contributed by atoms with Gasteiger partial charge in [-0.05, 0) is 59.7 Å². The first-order valence-electron chi connectivity index (χ1n) is 9.75. The van der Waals surface area contributed by atoms with Crippen molar-refractivity contribution in [3.8, 4) is 0 Å². The molecule has 0 bridgehead atoms. The lowest BCUT2D eigenvalue weighted by atomic mass is 9.98. The summed E-state index contributed by atoms with van der Waals surface area (Å²) in [5, 5.41) is 8.81. The monoisotopic (exact) mass is 423 g/mol. The molecule has 0 aliphatic carbocycles. The minimum atomic E-state index is -0.560. The van der Waals surface area contributed by atoms with Crippen LogP contribution in [-0.2, 0) is 17.6 Å². The molecule has 0 saturated carbocycles. The first-order chi connectivity index (χ1) is 14.5. The van der Waals surface area contributed by atoms with E-state index in [0.717, 1.165) is 24.9 Å². The van der Waals surface area contributed by atoms with E-state index < -0.39 is 11.7 Å². The molecule has 7 heteroatoms. The van der Waals surface area contributed by atoms with Gasteiger partial charge >= 0.3 is 0 Å². The molecule has 2 N–H and O–H groups in total. The SMILES string of the molecule is CN1CCCc2cc(CC(=O)Nc3ccc(F)c(NC(=O)c4ccsc4)c3)ccc21. The van der Waals surface area contributed by atoms with Gasteiger partial charge in [0.25, 0.3) is 5.91 Å². The molecule has 0 fully saturated rings. The molecule has 2 aromatic carbocycles. The number of nitrogens with one attached hydrogen (secondary N) is 2. The number of hydrogen-bond acceptors (Lipinski definition) is 4. The number of rotatable bonds is 5. The largest absolute Gasteiger partial charge is 0.374 e. The summed E-state index contributed by atoms with van der Waals surface area (Å²) in [6.45, 7) is 1.04. The maximum atomic E-state index is 14.1. The first kappa shape index (κ1) is 20.1. The van der Waals surface area contributed by atoms with Crippen LogP contribution in [0.2, 0.25) is 0 Å². The lowest BCUT2D eigenvalue weighted by Crippen LogP contribution is -2.24. The molecule has 0 saturated heterocycles. The summed E-state index contributed by atoms with van der Waals surface area (Å²) < 4.78 is 14.1. The zero-order chi connectivity index (χ0) is 21.1. The number of fused-ring (bicyclic) bond motifs is 1. The standard InChI is InChI=1S/C23H22FN3O2S/c1-27-9-2-3-16-11-15(4-7-21(16)27)12-22(28)25-18-5-6-19(24)20(13-18)26-23(29)17-8-10-30-14-17/h4-8,10-11,13-14H,2-3,9,12H2,1H3,(H,25,28)(H,26,29). The highest BCUT2D eigenvalue weighted by molar-refractivity contribution is 7.08. The number of aryl methyl sites for hydroxylation is 1. The van der Waals surface area contributed by atoms with Gasteiger partial charge in [-0.2, -0.15) is 11.3 Å². The normalized spacial score (nSPS) is 12.9. The number of carbonyl (C=O) groups excluding carboxylic acids is 2. The third-order valence-corrected chi connectivity index (χ3v) is 5.82. The van der Waals surface area contributed by atoms with Gasteiger partial charge in [0.15, 0.2) is 0 Å². The molecule has 1 aliphatic heterocycles. The van der Waals surface area contributed by atoms with Crippen LogP contribution in [0.3, 0.4) is 0 Å². The third-order valence-electron chi connectivity index (χ3n) is 5.14. The molecule has 3 aromatic rings. The predicted molar refractivity (Wildman–Crippen MR) is 119 cm³/mol. The van der Waals surface area contributed by atoms with Crippen molar-refractivity contribution in [1.29, 1.82) is 0 Å². The lowest BCUT2D eigenvalue weighted by Gasteiger charge is -2.27. The molecular formula is C23H22FN3O2S. The molecule has 0 radical (unpaired) electrons. The number of carbonyl (C=O) groups is 2. The molecule has 0 atom stereocenters. The molecule has 4 rings (SSSR count). The molecule has 0 spiro atoms. The maximum Gasteiger partial charge on any atom is 0.256 e. The van der Waals surface area contributed by atoms with Crippen LogP contribution in [0.4, 0.5) is 21.5 Å². The second-order valence-electron chi connectivity index (χ2n) is 7.37. The smallest absolute Gasteiger partial charge is 0.256 e. The van der Waals surface area contributed by atoms with Crippen LogP contribution < -0.4 is 15.5 Å². The van der Waals surface area contributed by atoms with Crippen LogP contribution >= 0.6 is 11.3 Å². The van der Waals surface area contributed by atoms with Gasteiger partial charge in [-0.15, -0.1) is 0 Å². The summed E-state index contributed by atoms with van der Waals surface area (Å²) in [4.78, 5) is 26.9. The van der Waals surface area contributed by atoms with E-state index in [1.54, 1.807) is 16.8 Å². The van der Waals surface area contributed by atoms with Gasteiger partial charge in [0.1, 0.15) is 5.82 Å². The minimum Gasteiger partial charge on any atom is -0.374 e. The quantitative estimate of drug-likeness (QED) is 0.625. The molecule has 2 heterocycles. The van der Waals surface area contributed by atoms with Gasteiger partial charge in [-0.1, -0.05) is 12.1 Å². The average Bonchev–Trinajstić information content (AvgIpc) is 3.25. The van der Waals surface area contributed by atoms with Gasteiger partial charge in [0.05, 0.1) is 17.7 Å². The van der Waals surface area contributed by atoms with Gasteiger partial charge in [-0.3, -0.25) is 9.59 Å². The number of halogens is 1. The van der Waals surface area contributed by atoms with Crippen LogP contribution in [0, 0.1) is 5.82 Å². The van der Waals surface area contributed by atoms with Crippen molar-refractivity contribution >= 4 is 40.2 Å².